The minimum atomic E-state index is -1.40. The quantitative estimate of drug-likeness (QED) is 0.619. The van der Waals surface area contributed by atoms with Crippen LogP contribution in [-0.4, -0.2) is 45.8 Å². The maximum atomic E-state index is 14.4. The van der Waals surface area contributed by atoms with Crippen molar-refractivity contribution in [2.24, 2.45) is 0 Å². The Hall–Kier alpha value is -3.60. The van der Waals surface area contributed by atoms with Gasteiger partial charge in [0.05, 0.1) is 6.20 Å². The van der Waals surface area contributed by atoms with Crippen LogP contribution in [0.3, 0.4) is 0 Å². The van der Waals surface area contributed by atoms with Crippen LogP contribution < -0.4 is 11.2 Å². The van der Waals surface area contributed by atoms with Gasteiger partial charge in [-0.25, -0.2) is 4.79 Å². The van der Waals surface area contributed by atoms with Gasteiger partial charge >= 0.3 is 17.6 Å². The van der Waals surface area contributed by atoms with Gasteiger partial charge in [-0.2, -0.15) is 8.96 Å². The Labute approximate surface area is 181 Å². The molecule has 2 aromatic rings. The van der Waals surface area contributed by atoms with Crippen LogP contribution >= 0.6 is 0 Å². The lowest BCUT2D eigenvalue weighted by atomic mass is 10.1. The van der Waals surface area contributed by atoms with Gasteiger partial charge in [-0.15, -0.1) is 0 Å². The molecule has 1 aliphatic heterocycles. The Morgan fingerprint density at radius 1 is 1.19 bits per heavy atom. The molecule has 32 heavy (non-hydrogen) atoms. The summed E-state index contributed by atoms with van der Waals surface area (Å²) >= 11 is 0. The Morgan fingerprint density at radius 3 is 2.53 bits per heavy atom. The first-order valence-corrected chi connectivity index (χ1v) is 9.69. The summed E-state index contributed by atoms with van der Waals surface area (Å²) in [7, 11) is 0. The highest BCUT2D eigenvalue weighted by Crippen LogP contribution is 2.30. The number of carbonyl (C=O) groups excluding carboxylic acids is 3. The summed E-state index contributed by atoms with van der Waals surface area (Å²) in [5, 5.41) is 0. The molecule has 0 amide bonds. The zero-order valence-corrected chi connectivity index (χ0v) is 17.6. The number of aryl methyl sites for hydroxylation is 1. The molecule has 1 saturated heterocycles. The number of nitrogens with zero attached hydrogens (tertiary/aromatic N) is 2. The zero-order valence-electron chi connectivity index (χ0n) is 17.6. The van der Waals surface area contributed by atoms with E-state index < -0.39 is 53.3 Å². The first-order valence-electron chi connectivity index (χ1n) is 9.69. The summed E-state index contributed by atoms with van der Waals surface area (Å²) in [6.45, 7) is 3.79. The third-order valence-electron chi connectivity index (χ3n) is 4.80. The predicted octanol–water partition coefficient (Wildman–Crippen LogP) is 0.928. The van der Waals surface area contributed by atoms with Crippen LogP contribution in [0.25, 0.3) is 0 Å². The first-order chi connectivity index (χ1) is 15.1. The Morgan fingerprint density at radius 2 is 1.91 bits per heavy atom. The molecule has 0 radical (unpaired) electrons. The van der Waals surface area contributed by atoms with Crippen LogP contribution in [0.5, 0.6) is 0 Å². The molecule has 1 fully saturated rings. The summed E-state index contributed by atoms with van der Waals surface area (Å²) < 4.78 is 31.1. The number of halogens is 1. The molecule has 1 aliphatic rings. The van der Waals surface area contributed by atoms with Gasteiger partial charge in [0.25, 0.3) is 11.5 Å². The standard InChI is InChI=1S/C21H21FN2O8/c1-11-5-4-6-14(7-11)19(27)24-20(28)15(22)9-23(21(24)29)18-8-16(31-13(3)26)17(32-18)10-30-12(2)25/h4-7,9,16-18H,8,10H2,1-3H3. The molecular formula is C21H21FN2O8. The average Bonchev–Trinajstić information content (AvgIpc) is 3.10. The molecule has 11 heteroatoms. The van der Waals surface area contributed by atoms with Gasteiger partial charge in [-0.05, 0) is 19.1 Å². The first kappa shape index (κ1) is 23.1. The molecule has 0 aliphatic carbocycles. The molecule has 3 rings (SSSR count). The second-order valence-electron chi connectivity index (χ2n) is 7.30. The lowest BCUT2D eigenvalue weighted by Gasteiger charge is -2.18. The molecule has 3 unspecified atom stereocenters. The maximum Gasteiger partial charge on any atom is 0.340 e. The van der Waals surface area contributed by atoms with Crippen molar-refractivity contribution in [3.63, 3.8) is 0 Å². The fraction of sp³-hybridized carbons (Fsp3) is 0.381. The molecule has 170 valence electrons. The molecule has 3 atom stereocenters. The third kappa shape index (κ3) is 4.83. The van der Waals surface area contributed by atoms with Crippen molar-refractivity contribution in [2.75, 3.05) is 6.61 Å². The number of hydrogen-bond acceptors (Lipinski definition) is 8. The zero-order chi connectivity index (χ0) is 23.6. The number of aromatic nitrogens is 2. The summed E-state index contributed by atoms with van der Waals surface area (Å²) in [6.07, 6.45) is -2.48. The number of ether oxygens (including phenoxy) is 3. The van der Waals surface area contributed by atoms with E-state index in [1.807, 2.05) is 0 Å². The molecule has 0 spiro atoms. The summed E-state index contributed by atoms with van der Waals surface area (Å²) in [6, 6.07) is 6.14. The SMILES string of the molecule is CC(=O)OCC1OC(n2cc(F)c(=O)n(C(=O)c3cccc(C)c3)c2=O)CC1OC(C)=O. The normalized spacial score (nSPS) is 20.1. The average molecular weight is 448 g/mol. The van der Waals surface area contributed by atoms with Crippen molar-refractivity contribution in [1.82, 2.24) is 9.13 Å². The van der Waals surface area contributed by atoms with Crippen molar-refractivity contribution >= 4 is 17.8 Å². The topological polar surface area (TPSA) is 123 Å². The van der Waals surface area contributed by atoms with E-state index in [0.717, 1.165) is 4.57 Å². The van der Waals surface area contributed by atoms with E-state index in [0.29, 0.717) is 11.8 Å². The van der Waals surface area contributed by atoms with Gasteiger partial charge in [0, 0.05) is 25.8 Å². The second-order valence-corrected chi connectivity index (χ2v) is 7.30. The van der Waals surface area contributed by atoms with Gasteiger partial charge in [-0.3, -0.25) is 23.7 Å². The van der Waals surface area contributed by atoms with Crippen molar-refractivity contribution in [1.29, 1.82) is 0 Å². The van der Waals surface area contributed by atoms with Crippen LogP contribution in [0.2, 0.25) is 0 Å². The Balaban J connectivity index is 2.00. The van der Waals surface area contributed by atoms with Gasteiger partial charge in [0.15, 0.2) is 0 Å². The van der Waals surface area contributed by atoms with E-state index in [2.05, 4.69) is 0 Å². The highest BCUT2D eigenvalue weighted by atomic mass is 19.1. The smallest absolute Gasteiger partial charge is 0.340 e. The lowest BCUT2D eigenvalue weighted by Crippen LogP contribution is -2.46. The molecule has 0 bridgehead atoms. The van der Waals surface area contributed by atoms with Crippen molar-refractivity contribution in [3.8, 4) is 0 Å². The molecule has 1 aromatic heterocycles. The van der Waals surface area contributed by atoms with Crippen molar-refractivity contribution < 1.29 is 33.0 Å². The third-order valence-corrected chi connectivity index (χ3v) is 4.80. The Kier molecular flexibility index (Phi) is 6.68. The minimum Gasteiger partial charge on any atom is -0.463 e. The van der Waals surface area contributed by atoms with Crippen LogP contribution in [-0.2, 0) is 23.8 Å². The number of rotatable bonds is 5. The molecule has 1 aromatic carbocycles. The van der Waals surface area contributed by atoms with E-state index in [1.165, 1.54) is 26.0 Å². The molecule has 0 N–H and O–H groups in total. The molecule has 0 saturated carbocycles. The molecule has 2 heterocycles. The van der Waals surface area contributed by atoms with Crippen LogP contribution in [0.1, 0.15) is 42.4 Å². The fourth-order valence-corrected chi connectivity index (χ4v) is 3.39. The summed E-state index contributed by atoms with van der Waals surface area (Å²) in [4.78, 5) is 60.7. The van der Waals surface area contributed by atoms with Gasteiger partial charge in [0.2, 0.25) is 5.82 Å². The number of benzene rings is 1. The number of hydrogen-bond donors (Lipinski definition) is 0. The van der Waals surface area contributed by atoms with E-state index in [1.54, 1.807) is 19.1 Å². The Bertz CT molecular complexity index is 1190. The van der Waals surface area contributed by atoms with Gasteiger partial charge in [0.1, 0.15) is 25.0 Å². The predicted molar refractivity (Wildman–Crippen MR) is 107 cm³/mol. The van der Waals surface area contributed by atoms with Crippen molar-refractivity contribution in [3.05, 3.63) is 68.2 Å². The maximum absolute atomic E-state index is 14.4. The monoisotopic (exact) mass is 448 g/mol. The molecular weight excluding hydrogens is 427 g/mol. The summed E-state index contributed by atoms with van der Waals surface area (Å²) in [5.41, 5.74) is -1.79. The minimum absolute atomic E-state index is 0.0271. The van der Waals surface area contributed by atoms with Crippen molar-refractivity contribution in [2.45, 2.75) is 45.6 Å². The van der Waals surface area contributed by atoms with Gasteiger partial charge < -0.3 is 14.2 Å². The van der Waals surface area contributed by atoms with Crippen LogP contribution in [0.4, 0.5) is 4.39 Å². The highest BCUT2D eigenvalue weighted by Gasteiger charge is 2.40. The fourth-order valence-electron chi connectivity index (χ4n) is 3.39. The molecule has 10 nitrogen and oxygen atoms in total. The number of carbonyl (C=O) groups is 3. The van der Waals surface area contributed by atoms with E-state index in [-0.39, 0.29) is 23.2 Å². The van der Waals surface area contributed by atoms with E-state index in [9.17, 15) is 28.4 Å². The lowest BCUT2D eigenvalue weighted by molar-refractivity contribution is -0.155. The van der Waals surface area contributed by atoms with Gasteiger partial charge in [-0.1, -0.05) is 17.7 Å². The summed E-state index contributed by atoms with van der Waals surface area (Å²) in [5.74, 6) is -3.58. The highest BCUT2D eigenvalue weighted by molar-refractivity contribution is 5.95. The van der Waals surface area contributed by atoms with E-state index in [4.69, 9.17) is 14.2 Å². The van der Waals surface area contributed by atoms with E-state index >= 15 is 0 Å². The largest absolute Gasteiger partial charge is 0.463 e. The van der Waals surface area contributed by atoms with Crippen LogP contribution in [0.15, 0.2) is 40.1 Å². The number of esters is 2. The second kappa shape index (κ2) is 9.27. The van der Waals surface area contributed by atoms with Crippen LogP contribution in [0, 0.1) is 12.7 Å².